The zero-order valence-electron chi connectivity index (χ0n) is 13.3. The lowest BCUT2D eigenvalue weighted by atomic mass is 10.2. The highest BCUT2D eigenvalue weighted by molar-refractivity contribution is 7.99. The number of hydrogen-bond donors (Lipinski definition) is 1. The summed E-state index contributed by atoms with van der Waals surface area (Å²) >= 11 is 7.44. The number of carbonyl (C=O) groups is 1. The SMILES string of the molecule is CN(C)C(CNC(=O)CSCc1ccc(Cl)cc1)c1ccco1. The van der Waals surface area contributed by atoms with Gasteiger partial charge in [0, 0.05) is 17.3 Å². The van der Waals surface area contributed by atoms with Crippen LogP contribution in [0, 0.1) is 0 Å². The van der Waals surface area contributed by atoms with Crippen LogP contribution < -0.4 is 5.32 Å². The van der Waals surface area contributed by atoms with Crippen molar-refractivity contribution in [3.05, 3.63) is 59.0 Å². The number of likely N-dealkylation sites (N-methyl/N-ethyl adjacent to an activating group) is 1. The van der Waals surface area contributed by atoms with Gasteiger partial charge in [0.25, 0.3) is 0 Å². The number of halogens is 1. The highest BCUT2D eigenvalue weighted by Gasteiger charge is 2.17. The molecule has 2 rings (SSSR count). The zero-order chi connectivity index (χ0) is 16.7. The summed E-state index contributed by atoms with van der Waals surface area (Å²) in [6, 6.07) is 11.5. The van der Waals surface area contributed by atoms with Crippen LogP contribution in [0.3, 0.4) is 0 Å². The maximum atomic E-state index is 12.0. The first-order chi connectivity index (χ1) is 11.1. The number of furan rings is 1. The molecule has 0 fully saturated rings. The molecule has 1 heterocycles. The van der Waals surface area contributed by atoms with Crippen LogP contribution in [0.4, 0.5) is 0 Å². The number of benzene rings is 1. The van der Waals surface area contributed by atoms with Crippen molar-refractivity contribution < 1.29 is 9.21 Å². The Labute approximate surface area is 146 Å². The van der Waals surface area contributed by atoms with Crippen LogP contribution in [-0.4, -0.2) is 37.2 Å². The maximum Gasteiger partial charge on any atom is 0.230 e. The Hall–Kier alpha value is -1.43. The van der Waals surface area contributed by atoms with Gasteiger partial charge in [-0.15, -0.1) is 11.8 Å². The number of hydrogen-bond acceptors (Lipinski definition) is 4. The molecule has 1 atom stereocenters. The van der Waals surface area contributed by atoms with Crippen molar-refractivity contribution in [2.45, 2.75) is 11.8 Å². The molecule has 0 aliphatic heterocycles. The van der Waals surface area contributed by atoms with Gasteiger partial charge in [-0.2, -0.15) is 0 Å². The summed E-state index contributed by atoms with van der Waals surface area (Å²) in [4.78, 5) is 14.0. The van der Waals surface area contributed by atoms with Crippen LogP contribution in [0.1, 0.15) is 17.4 Å². The van der Waals surface area contributed by atoms with Crippen molar-refractivity contribution in [3.8, 4) is 0 Å². The summed E-state index contributed by atoms with van der Waals surface area (Å²) in [6.45, 7) is 0.529. The minimum absolute atomic E-state index is 0.0300. The summed E-state index contributed by atoms with van der Waals surface area (Å²) in [5, 5.41) is 3.69. The van der Waals surface area contributed by atoms with E-state index in [1.54, 1.807) is 18.0 Å². The van der Waals surface area contributed by atoms with E-state index < -0.39 is 0 Å². The maximum absolute atomic E-state index is 12.0. The van der Waals surface area contributed by atoms with Crippen molar-refractivity contribution in [1.29, 1.82) is 0 Å². The Kier molecular flexibility index (Phi) is 7.02. The molecule has 1 aromatic heterocycles. The molecule has 1 aromatic carbocycles. The van der Waals surface area contributed by atoms with Gasteiger partial charge in [0.15, 0.2) is 0 Å². The smallest absolute Gasteiger partial charge is 0.230 e. The van der Waals surface area contributed by atoms with Crippen LogP contribution in [0.15, 0.2) is 47.1 Å². The fourth-order valence-corrected chi connectivity index (χ4v) is 3.07. The van der Waals surface area contributed by atoms with Crippen molar-refractivity contribution >= 4 is 29.3 Å². The van der Waals surface area contributed by atoms with Gasteiger partial charge in [0.05, 0.1) is 18.1 Å². The average Bonchev–Trinajstić information content (AvgIpc) is 3.03. The van der Waals surface area contributed by atoms with E-state index in [4.69, 9.17) is 16.0 Å². The van der Waals surface area contributed by atoms with Crippen molar-refractivity contribution in [2.24, 2.45) is 0 Å². The monoisotopic (exact) mass is 352 g/mol. The van der Waals surface area contributed by atoms with E-state index in [1.165, 1.54) is 0 Å². The van der Waals surface area contributed by atoms with Gasteiger partial charge in [-0.1, -0.05) is 23.7 Å². The van der Waals surface area contributed by atoms with Crippen LogP contribution >= 0.6 is 23.4 Å². The topological polar surface area (TPSA) is 45.5 Å². The van der Waals surface area contributed by atoms with Gasteiger partial charge in [-0.25, -0.2) is 0 Å². The zero-order valence-corrected chi connectivity index (χ0v) is 14.9. The number of nitrogens with zero attached hydrogens (tertiary/aromatic N) is 1. The molecule has 124 valence electrons. The second-order valence-electron chi connectivity index (χ2n) is 5.42. The standard InChI is InChI=1S/C17H21ClN2O2S/c1-20(2)15(16-4-3-9-22-16)10-19-17(21)12-23-11-13-5-7-14(18)8-6-13/h3-9,15H,10-12H2,1-2H3,(H,19,21). The molecule has 0 bridgehead atoms. The number of thioether (sulfide) groups is 1. The molecule has 2 aromatic rings. The Morgan fingerprint density at radius 2 is 2.04 bits per heavy atom. The molecule has 0 saturated carbocycles. The molecule has 1 unspecified atom stereocenters. The minimum Gasteiger partial charge on any atom is -0.468 e. The Morgan fingerprint density at radius 3 is 2.65 bits per heavy atom. The molecule has 0 radical (unpaired) electrons. The third kappa shape index (κ3) is 5.94. The molecule has 4 nitrogen and oxygen atoms in total. The van der Waals surface area contributed by atoms with Gasteiger partial charge in [-0.3, -0.25) is 9.69 Å². The molecule has 0 aliphatic rings. The van der Waals surface area contributed by atoms with Crippen molar-refractivity contribution in [2.75, 3.05) is 26.4 Å². The molecule has 1 N–H and O–H groups in total. The molecular formula is C17H21ClN2O2S. The van der Waals surface area contributed by atoms with Crippen molar-refractivity contribution in [3.63, 3.8) is 0 Å². The molecule has 1 amide bonds. The Bertz CT molecular complexity index is 600. The predicted octanol–water partition coefficient (Wildman–Crippen LogP) is 3.59. The predicted molar refractivity (Wildman–Crippen MR) is 95.8 cm³/mol. The number of carbonyl (C=O) groups excluding carboxylic acids is 1. The first kappa shape index (κ1) is 17.9. The van der Waals surface area contributed by atoms with Gasteiger partial charge in [0.1, 0.15) is 5.76 Å². The first-order valence-electron chi connectivity index (χ1n) is 7.35. The van der Waals surface area contributed by atoms with Crippen LogP contribution in [-0.2, 0) is 10.5 Å². The Balaban J connectivity index is 1.73. The summed E-state index contributed by atoms with van der Waals surface area (Å²) in [5.74, 6) is 2.10. The Morgan fingerprint density at radius 1 is 1.30 bits per heavy atom. The van der Waals surface area contributed by atoms with E-state index in [1.807, 2.05) is 55.4 Å². The normalized spacial score (nSPS) is 12.3. The van der Waals surface area contributed by atoms with E-state index in [-0.39, 0.29) is 11.9 Å². The van der Waals surface area contributed by atoms with E-state index in [0.29, 0.717) is 12.3 Å². The van der Waals surface area contributed by atoms with E-state index in [9.17, 15) is 4.79 Å². The summed E-state index contributed by atoms with van der Waals surface area (Å²) in [6.07, 6.45) is 1.65. The molecule has 0 spiro atoms. The summed E-state index contributed by atoms with van der Waals surface area (Å²) in [7, 11) is 3.93. The molecule has 23 heavy (non-hydrogen) atoms. The van der Waals surface area contributed by atoms with Gasteiger partial charge < -0.3 is 9.73 Å². The molecular weight excluding hydrogens is 332 g/mol. The highest BCUT2D eigenvalue weighted by atomic mass is 35.5. The largest absolute Gasteiger partial charge is 0.468 e. The third-order valence-electron chi connectivity index (χ3n) is 3.40. The minimum atomic E-state index is 0.0300. The molecule has 0 saturated heterocycles. The lowest BCUT2D eigenvalue weighted by Crippen LogP contribution is -2.35. The van der Waals surface area contributed by atoms with Crippen LogP contribution in [0.25, 0.3) is 0 Å². The highest BCUT2D eigenvalue weighted by Crippen LogP contribution is 2.18. The fourth-order valence-electron chi connectivity index (χ4n) is 2.12. The van der Waals surface area contributed by atoms with E-state index >= 15 is 0 Å². The van der Waals surface area contributed by atoms with Gasteiger partial charge in [0.2, 0.25) is 5.91 Å². The average molecular weight is 353 g/mol. The summed E-state index contributed by atoms with van der Waals surface area (Å²) < 4.78 is 5.43. The summed E-state index contributed by atoms with van der Waals surface area (Å²) in [5.41, 5.74) is 1.16. The molecule has 6 heteroatoms. The van der Waals surface area contributed by atoms with Crippen molar-refractivity contribution in [1.82, 2.24) is 10.2 Å². The number of nitrogens with one attached hydrogen (secondary N) is 1. The third-order valence-corrected chi connectivity index (χ3v) is 4.66. The second-order valence-corrected chi connectivity index (χ2v) is 6.84. The lowest BCUT2D eigenvalue weighted by molar-refractivity contribution is -0.118. The first-order valence-corrected chi connectivity index (χ1v) is 8.88. The van der Waals surface area contributed by atoms with Crippen LogP contribution in [0.5, 0.6) is 0 Å². The quantitative estimate of drug-likeness (QED) is 0.788. The number of amides is 1. The van der Waals surface area contributed by atoms with Gasteiger partial charge >= 0.3 is 0 Å². The molecule has 0 aliphatic carbocycles. The van der Waals surface area contributed by atoms with Gasteiger partial charge in [-0.05, 0) is 43.9 Å². The lowest BCUT2D eigenvalue weighted by Gasteiger charge is -2.22. The van der Waals surface area contributed by atoms with E-state index in [0.717, 1.165) is 22.1 Å². The number of rotatable bonds is 8. The fraction of sp³-hybridized carbons (Fsp3) is 0.353. The van der Waals surface area contributed by atoms with E-state index in [2.05, 4.69) is 5.32 Å². The van der Waals surface area contributed by atoms with Crippen LogP contribution in [0.2, 0.25) is 5.02 Å². The second kappa shape index (κ2) is 9.01.